The molecule has 2 rings (SSSR count). The van der Waals surface area contributed by atoms with Gasteiger partial charge in [-0.2, -0.15) is 0 Å². The number of rotatable bonds is 4. The Morgan fingerprint density at radius 3 is 2.30 bits per heavy atom. The molecule has 0 saturated carbocycles. The van der Waals surface area contributed by atoms with Crippen LogP contribution in [0, 0.1) is 6.92 Å². The largest absolute Gasteiger partial charge is 0.491 e. The summed E-state index contributed by atoms with van der Waals surface area (Å²) in [4.78, 5) is 0. The summed E-state index contributed by atoms with van der Waals surface area (Å²) in [7, 11) is 0. The average molecular weight is 335 g/mol. The van der Waals surface area contributed by atoms with Gasteiger partial charge in [-0.25, -0.2) is 0 Å². The molecule has 0 bridgehead atoms. The molecule has 0 aliphatic carbocycles. The number of benzene rings is 2. The Kier molecular flexibility index (Phi) is 4.84. The standard InChI is InChI=1S/C17H19BrO2/c1-11(2)20-14-7-5-13(6-8-14)17(19)15-10-12(3)4-9-16(15)18/h4-11,17,19H,1-3H3. The van der Waals surface area contributed by atoms with Crippen LogP contribution in [-0.4, -0.2) is 11.2 Å². The first kappa shape index (κ1) is 15.1. The lowest BCUT2D eigenvalue weighted by atomic mass is 10.00. The van der Waals surface area contributed by atoms with E-state index >= 15 is 0 Å². The van der Waals surface area contributed by atoms with Crippen molar-refractivity contribution in [2.24, 2.45) is 0 Å². The molecule has 0 aromatic heterocycles. The Labute approximate surface area is 128 Å². The Bertz CT molecular complexity index is 576. The van der Waals surface area contributed by atoms with Gasteiger partial charge in [0, 0.05) is 4.47 Å². The van der Waals surface area contributed by atoms with Crippen LogP contribution in [0.5, 0.6) is 5.75 Å². The van der Waals surface area contributed by atoms with Gasteiger partial charge in [0.15, 0.2) is 0 Å². The number of hydrogen-bond donors (Lipinski definition) is 1. The molecule has 2 nitrogen and oxygen atoms in total. The molecule has 2 aromatic carbocycles. The fourth-order valence-electron chi connectivity index (χ4n) is 2.05. The van der Waals surface area contributed by atoms with Crippen molar-refractivity contribution in [2.45, 2.75) is 33.0 Å². The molecule has 1 atom stereocenters. The van der Waals surface area contributed by atoms with Crippen molar-refractivity contribution in [1.29, 1.82) is 0 Å². The molecule has 0 heterocycles. The van der Waals surface area contributed by atoms with Crippen LogP contribution in [0.4, 0.5) is 0 Å². The topological polar surface area (TPSA) is 29.5 Å². The highest BCUT2D eigenvalue weighted by atomic mass is 79.9. The molecule has 0 aliphatic rings. The van der Waals surface area contributed by atoms with Gasteiger partial charge in [0.1, 0.15) is 11.9 Å². The van der Waals surface area contributed by atoms with Crippen molar-refractivity contribution in [1.82, 2.24) is 0 Å². The highest BCUT2D eigenvalue weighted by Crippen LogP contribution is 2.30. The molecule has 3 heteroatoms. The van der Waals surface area contributed by atoms with E-state index in [2.05, 4.69) is 15.9 Å². The van der Waals surface area contributed by atoms with E-state index in [-0.39, 0.29) is 6.10 Å². The van der Waals surface area contributed by atoms with Crippen LogP contribution in [0.3, 0.4) is 0 Å². The van der Waals surface area contributed by atoms with E-state index in [4.69, 9.17) is 4.74 Å². The minimum Gasteiger partial charge on any atom is -0.491 e. The van der Waals surface area contributed by atoms with E-state index < -0.39 is 6.10 Å². The average Bonchev–Trinajstić information content (AvgIpc) is 2.41. The molecule has 20 heavy (non-hydrogen) atoms. The highest BCUT2D eigenvalue weighted by molar-refractivity contribution is 9.10. The van der Waals surface area contributed by atoms with Crippen molar-refractivity contribution in [3.63, 3.8) is 0 Å². The van der Waals surface area contributed by atoms with Crippen LogP contribution >= 0.6 is 15.9 Å². The van der Waals surface area contributed by atoms with Crippen molar-refractivity contribution in [3.8, 4) is 5.75 Å². The molecule has 0 spiro atoms. The maximum Gasteiger partial charge on any atom is 0.119 e. The molecule has 0 saturated heterocycles. The molecule has 1 N–H and O–H groups in total. The van der Waals surface area contributed by atoms with Crippen LogP contribution < -0.4 is 4.74 Å². The molecule has 0 fully saturated rings. The Balaban J connectivity index is 2.24. The van der Waals surface area contributed by atoms with E-state index in [0.717, 1.165) is 26.9 Å². The summed E-state index contributed by atoms with van der Waals surface area (Å²) < 4.78 is 6.52. The third-order valence-corrected chi connectivity index (χ3v) is 3.74. The Morgan fingerprint density at radius 2 is 1.70 bits per heavy atom. The monoisotopic (exact) mass is 334 g/mol. The minimum atomic E-state index is -0.641. The summed E-state index contributed by atoms with van der Waals surface area (Å²) in [5, 5.41) is 10.5. The van der Waals surface area contributed by atoms with Crippen LogP contribution in [0.25, 0.3) is 0 Å². The van der Waals surface area contributed by atoms with Gasteiger partial charge in [0.05, 0.1) is 6.10 Å². The predicted octanol–water partition coefficient (Wildman–Crippen LogP) is 4.63. The Hall–Kier alpha value is -1.32. The third-order valence-electron chi connectivity index (χ3n) is 3.01. The lowest BCUT2D eigenvalue weighted by Gasteiger charge is -2.15. The summed E-state index contributed by atoms with van der Waals surface area (Å²) in [6.45, 7) is 6.00. The molecule has 106 valence electrons. The van der Waals surface area contributed by atoms with Crippen molar-refractivity contribution in [3.05, 3.63) is 63.6 Å². The van der Waals surface area contributed by atoms with Crippen molar-refractivity contribution < 1.29 is 9.84 Å². The first-order valence-corrected chi connectivity index (χ1v) is 7.47. The second-order valence-corrected chi connectivity index (χ2v) is 6.02. The second kappa shape index (κ2) is 6.42. The maximum absolute atomic E-state index is 10.5. The van der Waals surface area contributed by atoms with E-state index in [0.29, 0.717) is 0 Å². The number of ether oxygens (including phenoxy) is 1. The van der Waals surface area contributed by atoms with Crippen LogP contribution in [-0.2, 0) is 0 Å². The fraction of sp³-hybridized carbons (Fsp3) is 0.294. The van der Waals surface area contributed by atoms with E-state index in [1.54, 1.807) is 0 Å². The molecule has 0 radical (unpaired) electrons. The maximum atomic E-state index is 10.5. The number of aryl methyl sites for hydroxylation is 1. The van der Waals surface area contributed by atoms with Gasteiger partial charge in [0.25, 0.3) is 0 Å². The molecular formula is C17H19BrO2. The predicted molar refractivity (Wildman–Crippen MR) is 85.1 cm³/mol. The van der Waals surface area contributed by atoms with E-state index in [1.807, 2.05) is 63.2 Å². The Morgan fingerprint density at radius 1 is 1.05 bits per heavy atom. The molecule has 0 aliphatic heterocycles. The van der Waals surface area contributed by atoms with Crippen LogP contribution in [0.1, 0.15) is 36.6 Å². The smallest absolute Gasteiger partial charge is 0.119 e. The lowest BCUT2D eigenvalue weighted by Crippen LogP contribution is -2.06. The van der Waals surface area contributed by atoms with Gasteiger partial charge in [-0.3, -0.25) is 0 Å². The highest BCUT2D eigenvalue weighted by Gasteiger charge is 2.14. The SMILES string of the molecule is Cc1ccc(Br)c(C(O)c2ccc(OC(C)C)cc2)c1. The van der Waals surface area contributed by atoms with Gasteiger partial charge >= 0.3 is 0 Å². The zero-order valence-corrected chi connectivity index (χ0v) is 13.5. The number of hydrogen-bond acceptors (Lipinski definition) is 2. The van der Waals surface area contributed by atoms with Gasteiger partial charge in [-0.15, -0.1) is 0 Å². The number of halogens is 1. The third kappa shape index (κ3) is 3.62. The van der Waals surface area contributed by atoms with Gasteiger partial charge in [-0.05, 0) is 50.1 Å². The molecule has 2 aromatic rings. The number of aliphatic hydroxyl groups excluding tert-OH is 1. The molecular weight excluding hydrogens is 316 g/mol. The molecule has 1 unspecified atom stereocenters. The van der Waals surface area contributed by atoms with Crippen molar-refractivity contribution in [2.75, 3.05) is 0 Å². The van der Waals surface area contributed by atoms with Crippen LogP contribution in [0.15, 0.2) is 46.9 Å². The van der Waals surface area contributed by atoms with Crippen LogP contribution in [0.2, 0.25) is 0 Å². The first-order chi connectivity index (χ1) is 9.47. The summed E-state index contributed by atoms with van der Waals surface area (Å²) >= 11 is 3.49. The summed E-state index contributed by atoms with van der Waals surface area (Å²) in [5.74, 6) is 0.819. The van der Waals surface area contributed by atoms with Crippen molar-refractivity contribution >= 4 is 15.9 Å². The normalized spacial score (nSPS) is 12.5. The quantitative estimate of drug-likeness (QED) is 0.883. The first-order valence-electron chi connectivity index (χ1n) is 6.68. The lowest BCUT2D eigenvalue weighted by molar-refractivity contribution is 0.218. The van der Waals surface area contributed by atoms with E-state index in [1.165, 1.54) is 0 Å². The van der Waals surface area contributed by atoms with Gasteiger partial charge in [0.2, 0.25) is 0 Å². The van der Waals surface area contributed by atoms with Gasteiger partial charge in [-0.1, -0.05) is 45.8 Å². The summed E-state index contributed by atoms with van der Waals surface area (Å²) in [6, 6.07) is 13.6. The number of aliphatic hydroxyl groups is 1. The molecule has 0 amide bonds. The zero-order chi connectivity index (χ0) is 14.7. The summed E-state index contributed by atoms with van der Waals surface area (Å²) in [5.41, 5.74) is 2.86. The summed E-state index contributed by atoms with van der Waals surface area (Å²) in [6.07, 6.45) is -0.492. The van der Waals surface area contributed by atoms with E-state index in [9.17, 15) is 5.11 Å². The minimum absolute atomic E-state index is 0.150. The fourth-order valence-corrected chi connectivity index (χ4v) is 2.52. The second-order valence-electron chi connectivity index (χ2n) is 5.16. The zero-order valence-electron chi connectivity index (χ0n) is 11.9. The van der Waals surface area contributed by atoms with Gasteiger partial charge < -0.3 is 9.84 Å².